The topological polar surface area (TPSA) is 84.7 Å². The van der Waals surface area contributed by atoms with Crippen molar-refractivity contribution < 1.29 is 14.3 Å². The summed E-state index contributed by atoms with van der Waals surface area (Å²) in [6.07, 6.45) is 3.42. The van der Waals surface area contributed by atoms with E-state index in [1.54, 1.807) is 12.0 Å². The van der Waals surface area contributed by atoms with Crippen molar-refractivity contribution in [2.75, 3.05) is 25.1 Å². The molecule has 1 aromatic rings. The van der Waals surface area contributed by atoms with E-state index in [4.69, 9.17) is 10.5 Å². The Hall–Kier alpha value is -2.08. The van der Waals surface area contributed by atoms with Gasteiger partial charge in [0.1, 0.15) is 5.75 Å². The van der Waals surface area contributed by atoms with Crippen LogP contribution in [-0.4, -0.2) is 38.1 Å². The second-order valence-electron chi connectivity index (χ2n) is 6.65. The molecule has 0 spiro atoms. The zero-order chi connectivity index (χ0) is 17.1. The van der Waals surface area contributed by atoms with Gasteiger partial charge in [0.2, 0.25) is 11.8 Å². The van der Waals surface area contributed by atoms with E-state index in [0.29, 0.717) is 19.0 Å². The van der Waals surface area contributed by atoms with Crippen molar-refractivity contribution in [2.24, 2.45) is 17.6 Å². The van der Waals surface area contributed by atoms with Crippen molar-refractivity contribution >= 4 is 17.5 Å². The van der Waals surface area contributed by atoms with E-state index in [1.165, 1.54) is 0 Å². The maximum atomic E-state index is 12.5. The number of anilines is 1. The standard InChI is InChI=1S/C18H25N3O3/c1-24-15-7-5-14(6-8-15)21-11-13(9-17(21)22)18(23)20-16-4-2-3-12(16)10-19/h5-8,12-13,16H,2-4,9-11,19H2,1H3,(H,20,23). The molecule has 3 unspecified atom stereocenters. The summed E-state index contributed by atoms with van der Waals surface area (Å²) in [4.78, 5) is 26.5. The number of nitrogens with zero attached hydrogens (tertiary/aromatic N) is 1. The van der Waals surface area contributed by atoms with E-state index in [9.17, 15) is 9.59 Å². The van der Waals surface area contributed by atoms with Crippen molar-refractivity contribution in [3.05, 3.63) is 24.3 Å². The van der Waals surface area contributed by atoms with E-state index in [2.05, 4.69) is 5.32 Å². The first-order valence-electron chi connectivity index (χ1n) is 8.57. The summed E-state index contributed by atoms with van der Waals surface area (Å²) in [6.45, 7) is 1.03. The molecule has 0 bridgehead atoms. The lowest BCUT2D eigenvalue weighted by molar-refractivity contribution is -0.127. The van der Waals surface area contributed by atoms with Gasteiger partial charge in [-0.25, -0.2) is 0 Å². The van der Waals surface area contributed by atoms with Gasteiger partial charge in [-0.3, -0.25) is 9.59 Å². The second kappa shape index (κ2) is 7.21. The first-order valence-corrected chi connectivity index (χ1v) is 8.57. The van der Waals surface area contributed by atoms with Crippen LogP contribution in [0.2, 0.25) is 0 Å². The highest BCUT2D eigenvalue weighted by Gasteiger charge is 2.37. The number of hydrogen-bond acceptors (Lipinski definition) is 4. The summed E-state index contributed by atoms with van der Waals surface area (Å²) in [5, 5.41) is 3.11. The van der Waals surface area contributed by atoms with E-state index >= 15 is 0 Å². The molecule has 3 N–H and O–H groups in total. The Morgan fingerprint density at radius 3 is 2.75 bits per heavy atom. The maximum Gasteiger partial charge on any atom is 0.227 e. The highest BCUT2D eigenvalue weighted by molar-refractivity contribution is 6.00. The predicted octanol–water partition coefficient (Wildman–Crippen LogP) is 1.29. The van der Waals surface area contributed by atoms with Gasteiger partial charge in [0.05, 0.1) is 13.0 Å². The van der Waals surface area contributed by atoms with Gasteiger partial charge in [0, 0.05) is 24.7 Å². The SMILES string of the molecule is COc1ccc(N2CC(C(=O)NC3CCCC3CN)CC2=O)cc1. The molecule has 3 atom stereocenters. The van der Waals surface area contributed by atoms with Crippen LogP contribution in [0.3, 0.4) is 0 Å². The number of benzene rings is 1. The molecular formula is C18H25N3O3. The number of methoxy groups -OCH3 is 1. The number of ether oxygens (including phenoxy) is 1. The number of carbonyl (C=O) groups is 2. The van der Waals surface area contributed by atoms with E-state index in [-0.39, 0.29) is 30.2 Å². The highest BCUT2D eigenvalue weighted by atomic mass is 16.5. The molecule has 0 aromatic heterocycles. The smallest absolute Gasteiger partial charge is 0.227 e. The molecule has 6 heteroatoms. The van der Waals surface area contributed by atoms with Crippen LogP contribution in [0.15, 0.2) is 24.3 Å². The normalized spacial score (nSPS) is 26.7. The third kappa shape index (κ3) is 3.38. The summed E-state index contributed by atoms with van der Waals surface area (Å²) in [5.74, 6) is 0.781. The molecule has 1 aliphatic carbocycles. The van der Waals surface area contributed by atoms with Crippen molar-refractivity contribution in [2.45, 2.75) is 31.7 Å². The summed E-state index contributed by atoms with van der Waals surface area (Å²) in [5.41, 5.74) is 6.58. The van der Waals surface area contributed by atoms with Crippen LogP contribution in [-0.2, 0) is 9.59 Å². The summed E-state index contributed by atoms with van der Waals surface area (Å²) in [6, 6.07) is 7.49. The molecule has 1 aliphatic heterocycles. The number of rotatable bonds is 5. The van der Waals surface area contributed by atoms with Gasteiger partial charge in [-0.05, 0) is 49.6 Å². The van der Waals surface area contributed by atoms with Gasteiger partial charge in [-0.15, -0.1) is 0 Å². The molecule has 2 fully saturated rings. The molecule has 2 aliphatic rings. The van der Waals surface area contributed by atoms with Gasteiger partial charge >= 0.3 is 0 Å². The molecule has 24 heavy (non-hydrogen) atoms. The average molecular weight is 331 g/mol. The third-order valence-corrected chi connectivity index (χ3v) is 5.17. The Balaban J connectivity index is 1.62. The molecule has 6 nitrogen and oxygen atoms in total. The monoisotopic (exact) mass is 331 g/mol. The fourth-order valence-electron chi connectivity index (χ4n) is 3.70. The Morgan fingerprint density at radius 2 is 2.08 bits per heavy atom. The lowest BCUT2D eigenvalue weighted by atomic mass is 10.0. The minimum atomic E-state index is -0.293. The fourth-order valence-corrected chi connectivity index (χ4v) is 3.70. The van der Waals surface area contributed by atoms with Crippen LogP contribution in [0.1, 0.15) is 25.7 Å². The minimum absolute atomic E-state index is 0.0119. The number of carbonyl (C=O) groups excluding carboxylic acids is 2. The number of hydrogen-bond donors (Lipinski definition) is 2. The Morgan fingerprint density at radius 1 is 1.33 bits per heavy atom. The zero-order valence-corrected chi connectivity index (χ0v) is 14.0. The summed E-state index contributed by atoms with van der Waals surface area (Å²) < 4.78 is 5.14. The Kier molecular flexibility index (Phi) is 5.04. The van der Waals surface area contributed by atoms with Gasteiger partial charge in [-0.2, -0.15) is 0 Å². The van der Waals surface area contributed by atoms with E-state index < -0.39 is 0 Å². The molecule has 1 saturated carbocycles. The average Bonchev–Trinajstić information content (AvgIpc) is 3.21. The van der Waals surface area contributed by atoms with Gasteiger partial charge in [-0.1, -0.05) is 6.42 Å². The van der Waals surface area contributed by atoms with Crippen molar-refractivity contribution in [1.82, 2.24) is 5.32 Å². The molecular weight excluding hydrogens is 306 g/mol. The fraction of sp³-hybridized carbons (Fsp3) is 0.556. The minimum Gasteiger partial charge on any atom is -0.497 e. The largest absolute Gasteiger partial charge is 0.497 e. The molecule has 1 saturated heterocycles. The van der Waals surface area contributed by atoms with Gasteiger partial charge in [0.15, 0.2) is 0 Å². The summed E-state index contributed by atoms with van der Waals surface area (Å²) in [7, 11) is 1.61. The lowest BCUT2D eigenvalue weighted by Crippen LogP contribution is -2.43. The molecule has 2 amide bonds. The van der Waals surface area contributed by atoms with Crippen molar-refractivity contribution in [3.63, 3.8) is 0 Å². The first kappa shape index (κ1) is 16.8. The number of nitrogens with one attached hydrogen (secondary N) is 1. The van der Waals surface area contributed by atoms with Gasteiger partial charge in [0.25, 0.3) is 0 Å². The van der Waals surface area contributed by atoms with Crippen LogP contribution in [0.4, 0.5) is 5.69 Å². The zero-order valence-electron chi connectivity index (χ0n) is 14.0. The van der Waals surface area contributed by atoms with Crippen molar-refractivity contribution in [3.8, 4) is 5.75 Å². The van der Waals surface area contributed by atoms with E-state index in [1.807, 2.05) is 24.3 Å². The Bertz CT molecular complexity index is 602. The van der Waals surface area contributed by atoms with Gasteiger partial charge < -0.3 is 20.7 Å². The predicted molar refractivity (Wildman–Crippen MR) is 91.8 cm³/mol. The third-order valence-electron chi connectivity index (χ3n) is 5.17. The lowest BCUT2D eigenvalue weighted by Gasteiger charge is -2.22. The quantitative estimate of drug-likeness (QED) is 0.851. The van der Waals surface area contributed by atoms with Crippen LogP contribution in [0.25, 0.3) is 0 Å². The molecule has 1 aromatic carbocycles. The van der Waals surface area contributed by atoms with Crippen LogP contribution in [0.5, 0.6) is 5.75 Å². The molecule has 130 valence electrons. The van der Waals surface area contributed by atoms with Crippen LogP contribution in [0, 0.1) is 11.8 Å². The molecule has 0 radical (unpaired) electrons. The number of amides is 2. The number of nitrogens with two attached hydrogens (primary N) is 1. The molecule has 3 rings (SSSR count). The second-order valence-corrected chi connectivity index (χ2v) is 6.65. The van der Waals surface area contributed by atoms with Crippen LogP contribution < -0.4 is 20.7 Å². The first-order chi connectivity index (χ1) is 11.6. The van der Waals surface area contributed by atoms with E-state index in [0.717, 1.165) is 30.7 Å². The van der Waals surface area contributed by atoms with Crippen LogP contribution >= 0.6 is 0 Å². The maximum absolute atomic E-state index is 12.5. The molecule has 1 heterocycles. The summed E-state index contributed by atoms with van der Waals surface area (Å²) >= 11 is 0. The van der Waals surface area contributed by atoms with Crippen molar-refractivity contribution in [1.29, 1.82) is 0 Å². The Labute approximate surface area is 142 Å². The highest BCUT2D eigenvalue weighted by Crippen LogP contribution is 2.29.